The lowest BCUT2D eigenvalue weighted by Gasteiger charge is -2.11. The predicted molar refractivity (Wildman–Crippen MR) is 78.5 cm³/mol. The number of para-hydroxylation sites is 1. The van der Waals surface area contributed by atoms with Crippen LogP contribution in [0.5, 0.6) is 0 Å². The Balaban J connectivity index is 2.49. The number of hydrogen-bond acceptors (Lipinski definition) is 4. The number of nitrogens with zero attached hydrogens (tertiary/aromatic N) is 1. The minimum atomic E-state index is -3.88. The van der Waals surface area contributed by atoms with E-state index in [0.717, 1.165) is 0 Å². The van der Waals surface area contributed by atoms with Crippen molar-refractivity contribution in [1.29, 1.82) is 0 Å². The molecule has 4 N–H and O–H groups in total. The third-order valence-electron chi connectivity index (χ3n) is 2.62. The van der Waals surface area contributed by atoms with Gasteiger partial charge in [0.15, 0.2) is 0 Å². The summed E-state index contributed by atoms with van der Waals surface area (Å²) in [6, 6.07) is 4.70. The van der Waals surface area contributed by atoms with Crippen molar-refractivity contribution in [2.24, 2.45) is 5.73 Å². The Morgan fingerprint density at radius 1 is 1.35 bits per heavy atom. The zero-order valence-electron chi connectivity index (χ0n) is 10.4. The highest BCUT2D eigenvalue weighted by atomic mass is 35.5. The molecule has 1 heterocycles. The van der Waals surface area contributed by atoms with E-state index in [2.05, 4.69) is 14.9 Å². The third kappa shape index (κ3) is 2.76. The van der Waals surface area contributed by atoms with Crippen LogP contribution in [-0.2, 0) is 16.6 Å². The molecule has 0 atom stereocenters. The number of aromatic amines is 1. The molecule has 9 heteroatoms. The van der Waals surface area contributed by atoms with Crippen LogP contribution in [0.4, 0.5) is 5.69 Å². The second-order valence-corrected chi connectivity index (χ2v) is 6.46. The smallest absolute Gasteiger partial charge is 0.265 e. The van der Waals surface area contributed by atoms with Gasteiger partial charge in [0.2, 0.25) is 0 Å². The van der Waals surface area contributed by atoms with Crippen molar-refractivity contribution in [2.45, 2.75) is 18.4 Å². The fourth-order valence-corrected chi connectivity index (χ4v) is 3.83. The summed E-state index contributed by atoms with van der Waals surface area (Å²) in [5.41, 5.74) is 6.25. The highest BCUT2D eigenvalue weighted by Gasteiger charge is 2.25. The second kappa shape index (κ2) is 5.61. The normalized spacial score (nSPS) is 11.6. The van der Waals surface area contributed by atoms with Crippen molar-refractivity contribution in [1.82, 2.24) is 10.2 Å². The molecular weight excluding hydrogens is 323 g/mol. The van der Waals surface area contributed by atoms with Crippen molar-refractivity contribution in [3.63, 3.8) is 0 Å². The Bertz CT molecular complexity index is 723. The van der Waals surface area contributed by atoms with Crippen LogP contribution in [0, 0.1) is 6.92 Å². The maximum atomic E-state index is 12.4. The number of nitrogens with one attached hydrogen (secondary N) is 2. The lowest BCUT2D eigenvalue weighted by Crippen LogP contribution is -2.17. The van der Waals surface area contributed by atoms with Crippen LogP contribution in [0.1, 0.15) is 11.4 Å². The van der Waals surface area contributed by atoms with Crippen molar-refractivity contribution >= 4 is 38.9 Å². The molecule has 20 heavy (non-hydrogen) atoms. The summed E-state index contributed by atoms with van der Waals surface area (Å²) >= 11 is 11.9. The van der Waals surface area contributed by atoms with Gasteiger partial charge in [-0.2, -0.15) is 5.10 Å². The van der Waals surface area contributed by atoms with Gasteiger partial charge < -0.3 is 5.73 Å². The van der Waals surface area contributed by atoms with Gasteiger partial charge in [-0.05, 0) is 19.1 Å². The quantitative estimate of drug-likeness (QED) is 0.798. The van der Waals surface area contributed by atoms with Gasteiger partial charge in [-0.25, -0.2) is 8.42 Å². The number of aromatic nitrogens is 2. The van der Waals surface area contributed by atoms with Crippen molar-refractivity contribution in [3.8, 4) is 0 Å². The molecule has 0 saturated heterocycles. The number of rotatable bonds is 4. The Morgan fingerprint density at radius 3 is 2.50 bits per heavy atom. The van der Waals surface area contributed by atoms with E-state index in [4.69, 9.17) is 28.9 Å². The van der Waals surface area contributed by atoms with Crippen LogP contribution < -0.4 is 10.5 Å². The number of nitrogens with two attached hydrogens (primary N) is 1. The molecule has 0 fully saturated rings. The Labute approximate surface area is 126 Å². The lowest BCUT2D eigenvalue weighted by atomic mass is 10.3. The van der Waals surface area contributed by atoms with Gasteiger partial charge in [0.05, 0.1) is 27.1 Å². The maximum Gasteiger partial charge on any atom is 0.265 e. The number of aryl methyl sites for hydroxylation is 1. The summed E-state index contributed by atoms with van der Waals surface area (Å²) in [6.07, 6.45) is 0. The molecule has 0 radical (unpaired) electrons. The van der Waals surface area contributed by atoms with Gasteiger partial charge in [0, 0.05) is 6.54 Å². The number of sulfonamides is 1. The van der Waals surface area contributed by atoms with Gasteiger partial charge in [0.1, 0.15) is 4.90 Å². The summed E-state index contributed by atoms with van der Waals surface area (Å²) in [5.74, 6) is 0. The summed E-state index contributed by atoms with van der Waals surface area (Å²) in [5, 5.41) is 6.86. The Morgan fingerprint density at radius 2 is 1.95 bits per heavy atom. The number of halogens is 2. The van der Waals surface area contributed by atoms with Crippen LogP contribution in [0.25, 0.3) is 0 Å². The molecule has 0 aliphatic heterocycles. The first-order valence-corrected chi connectivity index (χ1v) is 7.81. The minimum absolute atomic E-state index is 0.00314. The number of hydrogen-bond donors (Lipinski definition) is 3. The van der Waals surface area contributed by atoms with E-state index in [1.165, 1.54) is 12.1 Å². The van der Waals surface area contributed by atoms with Crippen molar-refractivity contribution in [2.75, 3.05) is 4.72 Å². The molecule has 6 nitrogen and oxygen atoms in total. The number of anilines is 1. The fraction of sp³-hybridized carbons (Fsp3) is 0.182. The molecule has 0 bridgehead atoms. The molecular formula is C11H12Cl2N4O2S. The maximum absolute atomic E-state index is 12.4. The largest absolute Gasteiger partial charge is 0.325 e. The number of H-pyrrole nitrogens is 1. The highest BCUT2D eigenvalue weighted by molar-refractivity contribution is 7.92. The lowest BCUT2D eigenvalue weighted by molar-refractivity contribution is 0.599. The average molecular weight is 335 g/mol. The molecule has 0 spiro atoms. The monoisotopic (exact) mass is 334 g/mol. The number of benzene rings is 1. The molecule has 0 aliphatic rings. The first-order chi connectivity index (χ1) is 9.36. The molecule has 0 unspecified atom stereocenters. The molecule has 108 valence electrons. The van der Waals surface area contributed by atoms with E-state index in [1.807, 2.05) is 0 Å². The average Bonchev–Trinajstić information content (AvgIpc) is 2.76. The van der Waals surface area contributed by atoms with Crippen LogP contribution in [0.3, 0.4) is 0 Å². The van der Waals surface area contributed by atoms with Crippen LogP contribution >= 0.6 is 23.2 Å². The van der Waals surface area contributed by atoms with E-state index in [9.17, 15) is 8.42 Å². The van der Waals surface area contributed by atoms with Gasteiger partial charge in [-0.3, -0.25) is 9.82 Å². The van der Waals surface area contributed by atoms with Crippen LogP contribution in [-0.4, -0.2) is 18.6 Å². The van der Waals surface area contributed by atoms with Crippen molar-refractivity contribution < 1.29 is 8.42 Å². The Hall–Kier alpha value is -1.28. The zero-order valence-corrected chi connectivity index (χ0v) is 12.8. The van der Waals surface area contributed by atoms with Crippen molar-refractivity contribution in [3.05, 3.63) is 39.6 Å². The topological polar surface area (TPSA) is 101 Å². The molecule has 1 aromatic heterocycles. The first-order valence-electron chi connectivity index (χ1n) is 5.57. The Kier molecular flexibility index (Phi) is 4.24. The van der Waals surface area contributed by atoms with E-state index >= 15 is 0 Å². The zero-order chi connectivity index (χ0) is 14.9. The first kappa shape index (κ1) is 15.1. The summed E-state index contributed by atoms with van der Waals surface area (Å²) in [7, 11) is -3.88. The van der Waals surface area contributed by atoms with Gasteiger partial charge in [0.25, 0.3) is 10.0 Å². The third-order valence-corrected chi connectivity index (χ3v) is 4.80. The van der Waals surface area contributed by atoms with Crippen LogP contribution in [0.15, 0.2) is 23.1 Å². The molecule has 0 aliphatic carbocycles. The minimum Gasteiger partial charge on any atom is -0.325 e. The molecule has 0 amide bonds. The summed E-state index contributed by atoms with van der Waals surface area (Å²) in [4.78, 5) is 0.0102. The SMILES string of the molecule is Cc1[nH]nc(CN)c1S(=O)(=O)Nc1c(Cl)cccc1Cl. The molecule has 0 saturated carbocycles. The summed E-state index contributed by atoms with van der Waals surface area (Å²) < 4.78 is 27.2. The van der Waals surface area contributed by atoms with E-state index < -0.39 is 10.0 Å². The predicted octanol–water partition coefficient (Wildman–Crippen LogP) is 2.28. The fourth-order valence-electron chi connectivity index (χ4n) is 1.75. The molecule has 1 aromatic carbocycles. The molecule has 2 rings (SSSR count). The van der Waals surface area contributed by atoms with E-state index in [-0.39, 0.29) is 32.9 Å². The van der Waals surface area contributed by atoms with Gasteiger partial charge in [-0.1, -0.05) is 29.3 Å². The second-order valence-electron chi connectivity index (χ2n) is 4.03. The standard InChI is InChI=1S/C11H12Cl2N4O2S/c1-6-11(9(5-14)16-15-6)20(18,19)17-10-7(12)3-2-4-8(10)13/h2-4,17H,5,14H2,1H3,(H,15,16). The van der Waals surface area contributed by atoms with Gasteiger partial charge >= 0.3 is 0 Å². The van der Waals surface area contributed by atoms with E-state index in [0.29, 0.717) is 5.69 Å². The van der Waals surface area contributed by atoms with E-state index in [1.54, 1.807) is 13.0 Å². The van der Waals surface area contributed by atoms with Gasteiger partial charge in [-0.15, -0.1) is 0 Å². The highest BCUT2D eigenvalue weighted by Crippen LogP contribution is 2.32. The summed E-state index contributed by atoms with van der Waals surface area (Å²) in [6.45, 7) is 1.59. The molecule has 2 aromatic rings. The van der Waals surface area contributed by atoms with Crippen LogP contribution in [0.2, 0.25) is 10.0 Å².